The van der Waals surface area contributed by atoms with Gasteiger partial charge in [0, 0.05) is 24.8 Å². The molecule has 0 bridgehead atoms. The number of amides is 2. The van der Waals surface area contributed by atoms with Crippen molar-refractivity contribution in [2.75, 3.05) is 19.6 Å². The zero-order chi connectivity index (χ0) is 13.5. The number of pyridine rings is 1. The van der Waals surface area contributed by atoms with E-state index in [0.717, 1.165) is 0 Å². The lowest BCUT2D eigenvalue weighted by Gasteiger charge is -2.20. The van der Waals surface area contributed by atoms with E-state index in [9.17, 15) is 9.59 Å². The molecule has 1 N–H and O–H groups in total. The Kier molecular flexibility index (Phi) is 5.58. The summed E-state index contributed by atoms with van der Waals surface area (Å²) in [5.41, 5.74) is 0.432. The van der Waals surface area contributed by atoms with Gasteiger partial charge in [-0.05, 0) is 26.0 Å². The van der Waals surface area contributed by atoms with Crippen LogP contribution in [-0.4, -0.2) is 41.3 Å². The van der Waals surface area contributed by atoms with Crippen molar-refractivity contribution in [3.8, 4) is 0 Å². The van der Waals surface area contributed by atoms with Crippen molar-refractivity contribution in [2.45, 2.75) is 13.8 Å². The van der Waals surface area contributed by atoms with E-state index in [1.807, 2.05) is 13.8 Å². The number of nitrogens with zero attached hydrogens (tertiary/aromatic N) is 2. The predicted octanol–water partition coefficient (Wildman–Crippen LogP) is 1.33. The largest absolute Gasteiger partial charge is 0.355 e. The maximum atomic E-state index is 12.1. The maximum Gasteiger partial charge on any atom is 0.254 e. The molecule has 18 heavy (non-hydrogen) atoms. The molecule has 0 aliphatic rings. The molecule has 1 rings (SSSR count). The van der Waals surface area contributed by atoms with Crippen molar-refractivity contribution in [3.05, 3.63) is 29.0 Å². The van der Waals surface area contributed by atoms with Crippen molar-refractivity contribution >= 4 is 23.4 Å². The van der Waals surface area contributed by atoms with Gasteiger partial charge >= 0.3 is 0 Å². The Morgan fingerprint density at radius 1 is 1.44 bits per heavy atom. The summed E-state index contributed by atoms with van der Waals surface area (Å²) < 4.78 is 0. The van der Waals surface area contributed by atoms with Crippen molar-refractivity contribution in [3.63, 3.8) is 0 Å². The molecule has 0 fully saturated rings. The van der Waals surface area contributed by atoms with Crippen LogP contribution >= 0.6 is 11.6 Å². The highest BCUT2D eigenvalue weighted by atomic mass is 35.5. The summed E-state index contributed by atoms with van der Waals surface area (Å²) >= 11 is 5.73. The molecule has 0 aliphatic carbocycles. The number of aromatic nitrogens is 1. The quantitative estimate of drug-likeness (QED) is 0.821. The summed E-state index contributed by atoms with van der Waals surface area (Å²) in [5.74, 6) is -0.402. The number of nitrogens with one attached hydrogen (secondary N) is 1. The average Bonchev–Trinajstić information content (AvgIpc) is 2.35. The minimum Gasteiger partial charge on any atom is -0.355 e. The van der Waals surface area contributed by atoms with Gasteiger partial charge in [-0.2, -0.15) is 0 Å². The maximum absolute atomic E-state index is 12.1. The molecule has 0 aliphatic heterocycles. The molecule has 2 amide bonds. The molecular weight excluding hydrogens is 254 g/mol. The van der Waals surface area contributed by atoms with Crippen LogP contribution in [-0.2, 0) is 4.79 Å². The molecule has 0 unspecified atom stereocenters. The van der Waals surface area contributed by atoms with Crippen LogP contribution < -0.4 is 5.32 Å². The summed E-state index contributed by atoms with van der Waals surface area (Å²) in [6.45, 7) is 4.70. The lowest BCUT2D eigenvalue weighted by molar-refractivity contribution is -0.121. The molecule has 0 spiro atoms. The van der Waals surface area contributed by atoms with Crippen LogP contribution in [0.1, 0.15) is 24.2 Å². The van der Waals surface area contributed by atoms with Crippen molar-refractivity contribution in [1.29, 1.82) is 0 Å². The average molecular weight is 270 g/mol. The number of likely N-dealkylation sites (N-methyl/N-ethyl adjacent to an activating group) is 2. The number of carbonyl (C=O) groups is 2. The van der Waals surface area contributed by atoms with Crippen LogP contribution in [0.5, 0.6) is 0 Å². The lowest BCUT2D eigenvalue weighted by Crippen LogP contribution is -2.40. The molecule has 1 heterocycles. The third-order valence-electron chi connectivity index (χ3n) is 2.35. The second-order valence-corrected chi connectivity index (χ2v) is 4.03. The van der Waals surface area contributed by atoms with E-state index in [2.05, 4.69) is 10.3 Å². The first-order valence-electron chi connectivity index (χ1n) is 5.76. The van der Waals surface area contributed by atoms with Crippen LogP contribution in [0.2, 0.25) is 5.15 Å². The van der Waals surface area contributed by atoms with E-state index < -0.39 is 0 Å². The van der Waals surface area contributed by atoms with Crippen molar-refractivity contribution in [1.82, 2.24) is 15.2 Å². The Hall–Kier alpha value is -1.62. The molecule has 0 aromatic carbocycles. The zero-order valence-corrected chi connectivity index (χ0v) is 11.2. The Balaban J connectivity index is 2.76. The Morgan fingerprint density at radius 2 is 2.17 bits per heavy atom. The number of hydrogen-bond donors (Lipinski definition) is 1. The Bertz CT molecular complexity index is 437. The first kappa shape index (κ1) is 14.4. The van der Waals surface area contributed by atoms with E-state index in [-0.39, 0.29) is 23.5 Å². The summed E-state index contributed by atoms with van der Waals surface area (Å²) in [7, 11) is 0. The third-order valence-corrected chi connectivity index (χ3v) is 2.56. The number of hydrogen-bond acceptors (Lipinski definition) is 3. The van der Waals surface area contributed by atoms with Gasteiger partial charge in [0.05, 0.1) is 6.54 Å². The van der Waals surface area contributed by atoms with Gasteiger partial charge < -0.3 is 10.2 Å². The van der Waals surface area contributed by atoms with Crippen LogP contribution in [0.25, 0.3) is 0 Å². The smallest absolute Gasteiger partial charge is 0.254 e. The van der Waals surface area contributed by atoms with E-state index in [1.165, 1.54) is 17.2 Å². The molecule has 98 valence electrons. The van der Waals surface area contributed by atoms with Crippen LogP contribution in [0, 0.1) is 0 Å². The van der Waals surface area contributed by atoms with Gasteiger partial charge in [0.15, 0.2) is 0 Å². The molecule has 1 aromatic rings. The van der Waals surface area contributed by atoms with Gasteiger partial charge in [0.25, 0.3) is 5.91 Å². The monoisotopic (exact) mass is 269 g/mol. The van der Waals surface area contributed by atoms with Crippen LogP contribution in [0.4, 0.5) is 0 Å². The molecule has 5 nitrogen and oxygen atoms in total. The molecule has 6 heteroatoms. The summed E-state index contributed by atoms with van der Waals surface area (Å²) in [6, 6.07) is 3.07. The second-order valence-electron chi connectivity index (χ2n) is 3.64. The predicted molar refractivity (Wildman–Crippen MR) is 69.5 cm³/mol. The lowest BCUT2D eigenvalue weighted by atomic mass is 10.2. The van der Waals surface area contributed by atoms with E-state index in [1.54, 1.807) is 6.07 Å². The van der Waals surface area contributed by atoms with E-state index in [0.29, 0.717) is 18.7 Å². The van der Waals surface area contributed by atoms with Crippen LogP contribution in [0.15, 0.2) is 18.3 Å². The van der Waals surface area contributed by atoms with Gasteiger partial charge in [-0.3, -0.25) is 9.59 Å². The van der Waals surface area contributed by atoms with Crippen molar-refractivity contribution in [2.24, 2.45) is 0 Å². The standard InChI is InChI=1S/C12H16ClN3O2/c1-3-14-11(17)8-16(4-2)12(18)9-5-6-15-10(13)7-9/h5-7H,3-4,8H2,1-2H3,(H,14,17). The molecule has 1 aromatic heterocycles. The summed E-state index contributed by atoms with van der Waals surface area (Å²) in [5, 5.41) is 2.92. The van der Waals surface area contributed by atoms with E-state index >= 15 is 0 Å². The Morgan fingerprint density at radius 3 is 2.72 bits per heavy atom. The highest BCUT2D eigenvalue weighted by Crippen LogP contribution is 2.09. The number of rotatable bonds is 5. The fourth-order valence-corrected chi connectivity index (χ4v) is 1.65. The molecule has 0 saturated carbocycles. The van der Waals surface area contributed by atoms with Gasteiger partial charge in [0.2, 0.25) is 5.91 Å². The minimum atomic E-state index is -0.229. The van der Waals surface area contributed by atoms with Gasteiger partial charge in [-0.1, -0.05) is 11.6 Å². The van der Waals surface area contributed by atoms with E-state index in [4.69, 9.17) is 11.6 Å². The topological polar surface area (TPSA) is 62.3 Å². The first-order chi connectivity index (χ1) is 8.58. The molecule has 0 atom stereocenters. The van der Waals surface area contributed by atoms with Gasteiger partial charge in [-0.25, -0.2) is 4.98 Å². The second kappa shape index (κ2) is 6.96. The minimum absolute atomic E-state index is 0.0448. The summed E-state index contributed by atoms with van der Waals surface area (Å²) in [4.78, 5) is 28.9. The summed E-state index contributed by atoms with van der Waals surface area (Å²) in [6.07, 6.45) is 1.47. The Labute approximate surface area is 111 Å². The molecule has 0 radical (unpaired) electrons. The molecule has 0 saturated heterocycles. The molecular formula is C12H16ClN3O2. The fourth-order valence-electron chi connectivity index (χ4n) is 1.47. The SMILES string of the molecule is CCNC(=O)CN(CC)C(=O)c1ccnc(Cl)c1. The number of carbonyl (C=O) groups excluding carboxylic acids is 2. The third kappa shape index (κ3) is 4.00. The highest BCUT2D eigenvalue weighted by Gasteiger charge is 2.17. The fraction of sp³-hybridized carbons (Fsp3) is 0.417. The first-order valence-corrected chi connectivity index (χ1v) is 6.13. The highest BCUT2D eigenvalue weighted by molar-refractivity contribution is 6.29. The van der Waals surface area contributed by atoms with Gasteiger partial charge in [-0.15, -0.1) is 0 Å². The van der Waals surface area contributed by atoms with Crippen molar-refractivity contribution < 1.29 is 9.59 Å². The van der Waals surface area contributed by atoms with Crippen LogP contribution in [0.3, 0.4) is 0 Å². The zero-order valence-electron chi connectivity index (χ0n) is 10.4. The van der Waals surface area contributed by atoms with Gasteiger partial charge in [0.1, 0.15) is 5.15 Å². The normalized spacial score (nSPS) is 9.94. The number of halogens is 1.